The number of halogens is 1. The van der Waals surface area contributed by atoms with Gasteiger partial charge in [0.05, 0.1) is 24.0 Å². The molecule has 4 rings (SSSR count). The predicted octanol–water partition coefficient (Wildman–Crippen LogP) is 5.44. The standard InChI is InChI=1S/C23H27ClN4O2/c1-22(2)12-15(13-23(3,4)30-22)18-14-28(17-8-6-16(24)7-9-17)20(27-18)19-21(29-5)26-11-10-25-19/h6-11,14-15H,12-13H2,1-5H3. The van der Waals surface area contributed by atoms with E-state index in [-0.39, 0.29) is 17.1 Å². The Labute approximate surface area is 182 Å². The highest BCUT2D eigenvalue weighted by atomic mass is 35.5. The Morgan fingerprint density at radius 2 is 1.67 bits per heavy atom. The van der Waals surface area contributed by atoms with Gasteiger partial charge >= 0.3 is 0 Å². The summed E-state index contributed by atoms with van der Waals surface area (Å²) < 4.78 is 13.8. The number of nitrogens with zero attached hydrogens (tertiary/aromatic N) is 4. The number of benzene rings is 1. The quantitative estimate of drug-likeness (QED) is 0.555. The van der Waals surface area contributed by atoms with Gasteiger partial charge in [0.25, 0.3) is 0 Å². The number of aromatic nitrogens is 4. The molecule has 1 aromatic carbocycles. The van der Waals surface area contributed by atoms with E-state index < -0.39 is 0 Å². The Kier molecular flexibility index (Phi) is 5.32. The van der Waals surface area contributed by atoms with Crippen molar-refractivity contribution in [2.75, 3.05) is 7.11 Å². The summed E-state index contributed by atoms with van der Waals surface area (Å²) in [6.45, 7) is 8.57. The molecule has 0 unspecified atom stereocenters. The number of methoxy groups -OCH3 is 1. The summed E-state index contributed by atoms with van der Waals surface area (Å²) in [6.07, 6.45) is 7.15. The van der Waals surface area contributed by atoms with E-state index in [1.807, 2.05) is 28.8 Å². The Morgan fingerprint density at radius 3 is 2.30 bits per heavy atom. The molecular formula is C23H27ClN4O2. The zero-order valence-corrected chi connectivity index (χ0v) is 18.8. The number of hydrogen-bond acceptors (Lipinski definition) is 5. The highest BCUT2D eigenvalue weighted by Gasteiger charge is 2.41. The molecule has 3 heterocycles. The fourth-order valence-electron chi connectivity index (χ4n) is 4.49. The molecule has 1 aliphatic rings. The highest BCUT2D eigenvalue weighted by molar-refractivity contribution is 6.30. The fourth-order valence-corrected chi connectivity index (χ4v) is 4.61. The van der Waals surface area contributed by atoms with Crippen LogP contribution in [0.2, 0.25) is 5.02 Å². The maximum atomic E-state index is 6.28. The van der Waals surface area contributed by atoms with Crippen molar-refractivity contribution >= 4 is 11.6 Å². The summed E-state index contributed by atoms with van der Waals surface area (Å²) in [5, 5.41) is 0.686. The SMILES string of the molecule is COc1nccnc1-c1nc(C2CC(C)(C)OC(C)(C)C2)cn1-c1ccc(Cl)cc1. The topological polar surface area (TPSA) is 62.1 Å². The Balaban J connectivity index is 1.85. The van der Waals surface area contributed by atoms with Crippen molar-refractivity contribution in [3.05, 3.63) is 53.6 Å². The summed E-state index contributed by atoms with van der Waals surface area (Å²) in [6, 6.07) is 7.68. The minimum absolute atomic E-state index is 0.221. The summed E-state index contributed by atoms with van der Waals surface area (Å²) in [5.41, 5.74) is 2.12. The summed E-state index contributed by atoms with van der Waals surface area (Å²) in [5.74, 6) is 1.40. The van der Waals surface area contributed by atoms with Crippen molar-refractivity contribution < 1.29 is 9.47 Å². The largest absolute Gasteiger partial charge is 0.479 e. The molecule has 0 radical (unpaired) electrons. The Hall–Kier alpha value is -2.44. The number of hydrogen-bond donors (Lipinski definition) is 0. The molecule has 3 aromatic rings. The summed E-state index contributed by atoms with van der Waals surface area (Å²) >= 11 is 6.11. The zero-order valence-electron chi connectivity index (χ0n) is 18.0. The Morgan fingerprint density at radius 1 is 1.03 bits per heavy atom. The van der Waals surface area contributed by atoms with Crippen LogP contribution in [0.15, 0.2) is 42.9 Å². The third-order valence-electron chi connectivity index (χ3n) is 5.35. The van der Waals surface area contributed by atoms with Crippen LogP contribution >= 0.6 is 11.6 Å². The van der Waals surface area contributed by atoms with Gasteiger partial charge in [0, 0.05) is 35.2 Å². The third kappa shape index (κ3) is 4.20. The summed E-state index contributed by atoms with van der Waals surface area (Å²) in [4.78, 5) is 13.9. The van der Waals surface area contributed by atoms with Gasteiger partial charge in [0.1, 0.15) is 0 Å². The Bertz CT molecular complexity index is 1030. The van der Waals surface area contributed by atoms with E-state index in [4.69, 9.17) is 26.1 Å². The lowest BCUT2D eigenvalue weighted by Crippen LogP contribution is -2.44. The monoisotopic (exact) mass is 426 g/mol. The molecule has 1 aliphatic heterocycles. The molecular weight excluding hydrogens is 400 g/mol. The third-order valence-corrected chi connectivity index (χ3v) is 5.60. The van der Waals surface area contributed by atoms with Crippen molar-refractivity contribution in [2.45, 2.75) is 57.7 Å². The molecule has 0 saturated carbocycles. The molecule has 0 amide bonds. The van der Waals surface area contributed by atoms with Crippen LogP contribution in [-0.2, 0) is 4.74 Å². The lowest BCUT2D eigenvalue weighted by molar-refractivity contribution is -0.162. The maximum absolute atomic E-state index is 6.28. The zero-order chi connectivity index (χ0) is 21.5. The predicted molar refractivity (Wildman–Crippen MR) is 117 cm³/mol. The number of imidazole rings is 1. The van der Waals surface area contributed by atoms with Gasteiger partial charge in [0.15, 0.2) is 11.5 Å². The molecule has 30 heavy (non-hydrogen) atoms. The molecule has 0 bridgehead atoms. The highest BCUT2D eigenvalue weighted by Crippen LogP contribution is 2.44. The van der Waals surface area contributed by atoms with E-state index >= 15 is 0 Å². The van der Waals surface area contributed by atoms with Gasteiger partial charge in [-0.2, -0.15) is 0 Å². The van der Waals surface area contributed by atoms with Crippen LogP contribution in [0, 0.1) is 0 Å². The van der Waals surface area contributed by atoms with E-state index in [2.05, 4.69) is 43.9 Å². The van der Waals surface area contributed by atoms with Crippen molar-refractivity contribution in [2.24, 2.45) is 0 Å². The van der Waals surface area contributed by atoms with E-state index in [9.17, 15) is 0 Å². The van der Waals surface area contributed by atoms with Crippen molar-refractivity contribution in [3.63, 3.8) is 0 Å². The molecule has 7 heteroatoms. The van der Waals surface area contributed by atoms with Crippen LogP contribution in [0.4, 0.5) is 0 Å². The van der Waals surface area contributed by atoms with Crippen molar-refractivity contribution in [1.29, 1.82) is 0 Å². The molecule has 1 fully saturated rings. The second-order valence-corrected chi connectivity index (χ2v) is 9.41. The minimum Gasteiger partial charge on any atom is -0.479 e. The van der Waals surface area contributed by atoms with Crippen LogP contribution < -0.4 is 4.74 Å². The normalized spacial score (nSPS) is 18.3. The molecule has 0 atom stereocenters. The van der Waals surface area contributed by atoms with Gasteiger partial charge in [-0.1, -0.05) is 11.6 Å². The molecule has 6 nitrogen and oxygen atoms in total. The van der Waals surface area contributed by atoms with Gasteiger partial charge in [-0.25, -0.2) is 15.0 Å². The van der Waals surface area contributed by atoms with Crippen molar-refractivity contribution in [3.8, 4) is 23.1 Å². The average Bonchev–Trinajstić information content (AvgIpc) is 3.11. The first kappa shape index (κ1) is 20.8. The first-order valence-corrected chi connectivity index (χ1v) is 10.5. The van der Waals surface area contributed by atoms with E-state index in [1.165, 1.54) is 0 Å². The van der Waals surface area contributed by atoms with Gasteiger partial charge in [-0.15, -0.1) is 0 Å². The number of ether oxygens (including phenoxy) is 2. The minimum atomic E-state index is -0.221. The molecule has 158 valence electrons. The molecule has 0 spiro atoms. The molecule has 2 aromatic heterocycles. The van der Waals surface area contributed by atoms with Gasteiger partial charge in [-0.3, -0.25) is 4.57 Å². The van der Waals surface area contributed by atoms with E-state index in [1.54, 1.807) is 19.5 Å². The second-order valence-electron chi connectivity index (χ2n) is 8.98. The maximum Gasteiger partial charge on any atom is 0.243 e. The molecule has 0 aliphatic carbocycles. The summed E-state index contributed by atoms with van der Waals surface area (Å²) in [7, 11) is 1.59. The van der Waals surface area contributed by atoms with Gasteiger partial charge < -0.3 is 9.47 Å². The lowest BCUT2D eigenvalue weighted by atomic mass is 9.79. The van der Waals surface area contributed by atoms with E-state index in [0.29, 0.717) is 22.4 Å². The molecule has 0 N–H and O–H groups in total. The van der Waals surface area contributed by atoms with Crippen molar-refractivity contribution in [1.82, 2.24) is 19.5 Å². The van der Waals surface area contributed by atoms with Gasteiger partial charge in [-0.05, 0) is 64.8 Å². The lowest BCUT2D eigenvalue weighted by Gasteiger charge is -2.45. The average molecular weight is 427 g/mol. The fraction of sp³-hybridized carbons (Fsp3) is 0.435. The number of rotatable bonds is 4. The first-order chi connectivity index (χ1) is 14.2. The second kappa shape index (κ2) is 7.67. The van der Waals surface area contributed by atoms with Crippen LogP contribution in [0.25, 0.3) is 17.2 Å². The smallest absolute Gasteiger partial charge is 0.243 e. The van der Waals surface area contributed by atoms with Crippen LogP contribution in [0.1, 0.15) is 52.1 Å². The first-order valence-electron chi connectivity index (χ1n) is 10.1. The van der Waals surface area contributed by atoms with Crippen LogP contribution in [-0.4, -0.2) is 37.8 Å². The molecule has 1 saturated heterocycles. The van der Waals surface area contributed by atoms with E-state index in [0.717, 1.165) is 24.2 Å². The van der Waals surface area contributed by atoms with Crippen LogP contribution in [0.3, 0.4) is 0 Å². The van der Waals surface area contributed by atoms with Gasteiger partial charge in [0.2, 0.25) is 5.88 Å². The van der Waals surface area contributed by atoms with Crippen LogP contribution in [0.5, 0.6) is 5.88 Å².